The highest BCUT2D eigenvalue weighted by molar-refractivity contribution is 6.88. The maximum Gasteiger partial charge on any atom is 0.310 e. The third-order valence-corrected chi connectivity index (χ3v) is 8.36. The number of fused-ring (bicyclic) bond motifs is 2. The lowest BCUT2D eigenvalue weighted by Crippen LogP contribution is -2.51. The number of ether oxygens (including phenoxy) is 1. The van der Waals surface area contributed by atoms with Gasteiger partial charge in [0.05, 0.1) is 27.8 Å². The summed E-state index contributed by atoms with van der Waals surface area (Å²) in [5.41, 5.74) is 1.25. The molecule has 1 aromatic rings. The zero-order valence-electron chi connectivity index (χ0n) is 16.5. The first-order chi connectivity index (χ1) is 12.4. The Balaban J connectivity index is 1.88. The second-order valence-electron chi connectivity index (χ2n) is 8.84. The molecule has 3 nitrogen and oxygen atoms in total. The summed E-state index contributed by atoms with van der Waals surface area (Å²) in [6.07, 6.45) is 3.64. The van der Waals surface area contributed by atoms with Crippen LogP contribution in [0.3, 0.4) is 0 Å². The maximum atomic E-state index is 12.7. The summed E-state index contributed by atoms with van der Waals surface area (Å²) in [6.45, 7) is 7.51. The highest BCUT2D eigenvalue weighted by Gasteiger charge is 2.50. The molecule has 0 amide bonds. The molecule has 0 radical (unpaired) electrons. The zero-order valence-corrected chi connectivity index (χ0v) is 17.5. The van der Waals surface area contributed by atoms with Crippen LogP contribution in [-0.2, 0) is 9.53 Å². The minimum Gasteiger partial charge on any atom is -0.469 e. The minimum atomic E-state index is -1.33. The molecule has 0 spiro atoms. The number of hydrogen-bond donors (Lipinski definition) is 0. The molecule has 2 aliphatic rings. The van der Waals surface area contributed by atoms with Gasteiger partial charge in [-0.1, -0.05) is 49.1 Å². The molecule has 2 bridgehead atoms. The number of carbonyl (C=O) groups is 1. The van der Waals surface area contributed by atoms with Crippen LogP contribution in [0.15, 0.2) is 24.3 Å². The fraction of sp³-hybridized carbons (Fsp3) is 0.667. The predicted molar refractivity (Wildman–Crippen MR) is 106 cm³/mol. The van der Waals surface area contributed by atoms with Crippen molar-refractivity contribution in [2.45, 2.75) is 63.3 Å². The Bertz CT molecular complexity index is 628. The van der Waals surface area contributed by atoms with Gasteiger partial charge in [-0.2, -0.15) is 0 Å². The van der Waals surface area contributed by atoms with Crippen LogP contribution in [0.2, 0.25) is 19.6 Å². The van der Waals surface area contributed by atoms with Crippen molar-refractivity contribution in [1.29, 1.82) is 0 Å². The van der Waals surface area contributed by atoms with E-state index in [0.29, 0.717) is 12.5 Å². The molecule has 2 fully saturated rings. The molecule has 0 saturated carbocycles. The van der Waals surface area contributed by atoms with Gasteiger partial charge in [0.15, 0.2) is 0 Å². The molecule has 144 valence electrons. The Kier molecular flexibility index (Phi) is 5.87. The quantitative estimate of drug-likeness (QED) is 0.559. The monoisotopic (exact) mass is 377 g/mol. The van der Waals surface area contributed by atoms with Crippen molar-refractivity contribution in [2.24, 2.45) is 5.92 Å². The van der Waals surface area contributed by atoms with Crippen LogP contribution < -0.4 is 5.19 Å². The van der Waals surface area contributed by atoms with E-state index in [-0.39, 0.29) is 30.5 Å². The van der Waals surface area contributed by atoms with E-state index in [9.17, 15) is 9.18 Å². The lowest BCUT2D eigenvalue weighted by Gasteiger charge is -2.43. The van der Waals surface area contributed by atoms with E-state index in [1.54, 1.807) is 0 Å². The highest BCUT2D eigenvalue weighted by Crippen LogP contribution is 2.47. The van der Waals surface area contributed by atoms with E-state index < -0.39 is 8.07 Å². The molecule has 4 unspecified atom stereocenters. The number of esters is 1. The summed E-state index contributed by atoms with van der Waals surface area (Å²) in [4.78, 5) is 15.1. The van der Waals surface area contributed by atoms with Gasteiger partial charge in [0.25, 0.3) is 0 Å². The van der Waals surface area contributed by atoms with Crippen LogP contribution in [0.1, 0.15) is 37.2 Å². The average molecular weight is 378 g/mol. The van der Waals surface area contributed by atoms with Gasteiger partial charge in [0.1, 0.15) is 0 Å². The van der Waals surface area contributed by atoms with Crippen LogP contribution in [0, 0.1) is 5.92 Å². The molecule has 2 heterocycles. The van der Waals surface area contributed by atoms with Gasteiger partial charge in [0.2, 0.25) is 0 Å². The van der Waals surface area contributed by atoms with Crippen LogP contribution in [0.4, 0.5) is 4.39 Å². The smallest absolute Gasteiger partial charge is 0.310 e. The van der Waals surface area contributed by atoms with Gasteiger partial charge in [-0.15, -0.1) is 0 Å². The topological polar surface area (TPSA) is 29.5 Å². The van der Waals surface area contributed by atoms with E-state index in [1.165, 1.54) is 17.9 Å². The fourth-order valence-electron chi connectivity index (χ4n) is 4.93. The van der Waals surface area contributed by atoms with E-state index in [2.05, 4.69) is 48.8 Å². The first-order valence-corrected chi connectivity index (χ1v) is 13.4. The first-order valence-electron chi connectivity index (χ1n) is 9.86. The molecule has 2 aliphatic heterocycles. The Hall–Kier alpha value is -1.20. The second kappa shape index (κ2) is 7.81. The van der Waals surface area contributed by atoms with Crippen molar-refractivity contribution in [3.8, 4) is 0 Å². The van der Waals surface area contributed by atoms with Crippen molar-refractivity contribution in [3.63, 3.8) is 0 Å². The van der Waals surface area contributed by atoms with E-state index in [0.717, 1.165) is 25.8 Å². The molecule has 1 aromatic carbocycles. The minimum absolute atomic E-state index is 0.111. The van der Waals surface area contributed by atoms with Crippen molar-refractivity contribution < 1.29 is 13.9 Å². The number of carbonyl (C=O) groups excluding carboxylic acids is 1. The largest absolute Gasteiger partial charge is 0.469 e. The standard InChI is InChI=1S/C21H32FNO2Si/c1-25-21(24)20-18(15-6-9-17(10-7-15)26(2,3)4)14-16-8-11-19(20)23(16)13-5-12-22/h6-7,9-10,16,18-20H,5,8,11-14H2,1-4H3. The number of rotatable bonds is 6. The molecule has 26 heavy (non-hydrogen) atoms. The predicted octanol–water partition coefficient (Wildman–Crippen LogP) is 3.70. The van der Waals surface area contributed by atoms with Crippen LogP contribution >= 0.6 is 0 Å². The third kappa shape index (κ3) is 3.74. The molecular weight excluding hydrogens is 345 g/mol. The van der Waals surface area contributed by atoms with Crippen molar-refractivity contribution in [2.75, 3.05) is 20.3 Å². The van der Waals surface area contributed by atoms with Gasteiger partial charge in [-0.3, -0.25) is 14.1 Å². The van der Waals surface area contributed by atoms with E-state index >= 15 is 0 Å². The maximum absolute atomic E-state index is 12.7. The Morgan fingerprint density at radius 2 is 1.92 bits per heavy atom. The molecular formula is C21H32FNO2Si. The molecule has 0 aliphatic carbocycles. The molecule has 0 aromatic heterocycles. The summed E-state index contributed by atoms with van der Waals surface area (Å²) >= 11 is 0. The summed E-state index contributed by atoms with van der Waals surface area (Å²) in [5.74, 6) is -0.0479. The summed E-state index contributed by atoms with van der Waals surface area (Å²) in [6, 6.07) is 9.62. The molecule has 5 heteroatoms. The summed E-state index contributed by atoms with van der Waals surface area (Å²) in [5, 5.41) is 1.44. The molecule has 3 rings (SSSR count). The van der Waals surface area contributed by atoms with Crippen molar-refractivity contribution in [1.82, 2.24) is 4.90 Å². The number of hydrogen-bond acceptors (Lipinski definition) is 3. The van der Waals surface area contributed by atoms with Crippen LogP contribution in [0.5, 0.6) is 0 Å². The average Bonchev–Trinajstić information content (AvgIpc) is 2.89. The SMILES string of the molecule is COC(=O)C1C(c2ccc([Si](C)(C)C)cc2)CC2CCC1N2CCCF. The molecule has 2 saturated heterocycles. The molecule has 4 atom stereocenters. The van der Waals surface area contributed by atoms with Gasteiger partial charge in [0, 0.05) is 24.5 Å². The lowest BCUT2D eigenvalue weighted by atomic mass is 9.76. The number of alkyl halides is 1. The molecule has 0 N–H and O–H groups in total. The first kappa shape index (κ1) is 19.6. The van der Waals surface area contributed by atoms with E-state index in [4.69, 9.17) is 4.74 Å². The summed E-state index contributed by atoms with van der Waals surface area (Å²) in [7, 11) is 0.159. The van der Waals surface area contributed by atoms with Gasteiger partial charge in [-0.05, 0) is 31.2 Å². The highest BCUT2D eigenvalue weighted by atomic mass is 28.3. The Labute approximate surface area is 157 Å². The lowest BCUT2D eigenvalue weighted by molar-refractivity contribution is -0.150. The Morgan fingerprint density at radius 3 is 2.50 bits per heavy atom. The number of methoxy groups -OCH3 is 1. The summed E-state index contributed by atoms with van der Waals surface area (Å²) < 4.78 is 17.9. The van der Waals surface area contributed by atoms with Gasteiger partial charge >= 0.3 is 5.97 Å². The third-order valence-electron chi connectivity index (χ3n) is 6.29. The number of piperidine rings is 1. The van der Waals surface area contributed by atoms with Crippen LogP contribution in [-0.4, -0.2) is 51.4 Å². The number of nitrogens with zero attached hydrogens (tertiary/aromatic N) is 1. The van der Waals surface area contributed by atoms with E-state index in [1.807, 2.05) is 0 Å². The van der Waals surface area contributed by atoms with Crippen molar-refractivity contribution in [3.05, 3.63) is 29.8 Å². The van der Waals surface area contributed by atoms with Crippen molar-refractivity contribution >= 4 is 19.2 Å². The normalized spacial score (nSPS) is 29.0. The Morgan fingerprint density at radius 1 is 1.23 bits per heavy atom. The zero-order chi connectivity index (χ0) is 18.9. The number of halogens is 1. The van der Waals surface area contributed by atoms with Gasteiger partial charge < -0.3 is 4.74 Å². The second-order valence-corrected chi connectivity index (χ2v) is 13.9. The van der Waals surface area contributed by atoms with Crippen LogP contribution in [0.25, 0.3) is 0 Å². The fourth-order valence-corrected chi connectivity index (χ4v) is 6.10. The number of benzene rings is 1. The van der Waals surface area contributed by atoms with Gasteiger partial charge in [-0.25, -0.2) is 0 Å².